The largest absolute Gasteiger partial charge is 0.490 e. The molecule has 1 N–H and O–H groups in total. The van der Waals surface area contributed by atoms with E-state index in [0.717, 1.165) is 17.7 Å². The fourth-order valence-electron chi connectivity index (χ4n) is 2.33. The number of halogens is 3. The highest BCUT2D eigenvalue weighted by Crippen LogP contribution is 2.31. The SMILES string of the molecule is C=CCOc1ccc(-c2nc(C(=O)Nc3cccc(C(F)(F)F)c3)cs2)cc1. The van der Waals surface area contributed by atoms with E-state index in [9.17, 15) is 18.0 Å². The molecule has 8 heteroatoms. The topological polar surface area (TPSA) is 51.2 Å². The Labute approximate surface area is 163 Å². The molecule has 1 heterocycles. The van der Waals surface area contributed by atoms with Crippen LogP contribution in [-0.4, -0.2) is 17.5 Å². The molecule has 0 fully saturated rings. The third-order valence-electron chi connectivity index (χ3n) is 3.65. The van der Waals surface area contributed by atoms with E-state index in [0.29, 0.717) is 17.4 Å². The van der Waals surface area contributed by atoms with Crippen molar-refractivity contribution < 1.29 is 22.7 Å². The number of carbonyl (C=O) groups is 1. The van der Waals surface area contributed by atoms with Crippen LogP contribution in [0.1, 0.15) is 16.1 Å². The average molecular weight is 404 g/mol. The summed E-state index contributed by atoms with van der Waals surface area (Å²) in [6, 6.07) is 11.6. The van der Waals surface area contributed by atoms with Crippen LogP contribution in [0.5, 0.6) is 5.75 Å². The molecule has 0 saturated carbocycles. The van der Waals surface area contributed by atoms with Gasteiger partial charge in [0.1, 0.15) is 23.1 Å². The summed E-state index contributed by atoms with van der Waals surface area (Å²) in [4.78, 5) is 16.6. The molecule has 3 rings (SSSR count). The molecule has 1 amide bonds. The number of carbonyl (C=O) groups excluding carboxylic acids is 1. The van der Waals surface area contributed by atoms with Crippen LogP contribution in [0, 0.1) is 0 Å². The Morgan fingerprint density at radius 2 is 1.96 bits per heavy atom. The number of ether oxygens (including phenoxy) is 1. The molecule has 0 aliphatic rings. The minimum Gasteiger partial charge on any atom is -0.490 e. The van der Waals surface area contributed by atoms with Crippen LogP contribution in [0.3, 0.4) is 0 Å². The number of alkyl halides is 3. The summed E-state index contributed by atoms with van der Waals surface area (Å²) in [5.74, 6) is 0.107. The average Bonchev–Trinajstić information content (AvgIpc) is 3.17. The first-order chi connectivity index (χ1) is 13.4. The maximum Gasteiger partial charge on any atom is 0.416 e. The predicted octanol–water partition coefficient (Wildman–Crippen LogP) is 5.65. The van der Waals surface area contributed by atoms with E-state index in [1.165, 1.54) is 23.5 Å². The molecule has 0 unspecified atom stereocenters. The zero-order chi connectivity index (χ0) is 20.1. The van der Waals surface area contributed by atoms with Crippen LogP contribution >= 0.6 is 11.3 Å². The number of nitrogens with zero attached hydrogens (tertiary/aromatic N) is 1. The molecule has 28 heavy (non-hydrogen) atoms. The highest BCUT2D eigenvalue weighted by Gasteiger charge is 2.30. The number of thiazole rings is 1. The van der Waals surface area contributed by atoms with Crippen molar-refractivity contribution in [3.8, 4) is 16.3 Å². The van der Waals surface area contributed by atoms with Gasteiger partial charge in [0.15, 0.2) is 0 Å². The second kappa shape index (κ2) is 8.26. The Bertz CT molecular complexity index is 982. The minimum absolute atomic E-state index is 0.0538. The first kappa shape index (κ1) is 19.6. The van der Waals surface area contributed by atoms with Crippen molar-refractivity contribution in [2.75, 3.05) is 11.9 Å². The monoisotopic (exact) mass is 404 g/mol. The van der Waals surface area contributed by atoms with E-state index < -0.39 is 17.6 Å². The number of hydrogen-bond acceptors (Lipinski definition) is 4. The van der Waals surface area contributed by atoms with Crippen molar-refractivity contribution in [2.45, 2.75) is 6.18 Å². The van der Waals surface area contributed by atoms with Gasteiger partial charge in [0.25, 0.3) is 5.91 Å². The van der Waals surface area contributed by atoms with Gasteiger partial charge in [0.2, 0.25) is 0 Å². The number of amides is 1. The summed E-state index contributed by atoms with van der Waals surface area (Å²) in [5, 5.41) is 4.61. The Morgan fingerprint density at radius 3 is 2.64 bits per heavy atom. The lowest BCUT2D eigenvalue weighted by molar-refractivity contribution is -0.137. The van der Waals surface area contributed by atoms with Gasteiger partial charge in [-0.2, -0.15) is 13.2 Å². The summed E-state index contributed by atoms with van der Waals surface area (Å²) in [7, 11) is 0. The predicted molar refractivity (Wildman–Crippen MR) is 103 cm³/mol. The van der Waals surface area contributed by atoms with Gasteiger partial charge in [-0.15, -0.1) is 11.3 Å². The molecule has 0 aliphatic carbocycles. The Morgan fingerprint density at radius 1 is 1.21 bits per heavy atom. The molecule has 3 aromatic rings. The van der Waals surface area contributed by atoms with Crippen LogP contribution in [0.25, 0.3) is 10.6 Å². The van der Waals surface area contributed by atoms with E-state index in [4.69, 9.17) is 4.74 Å². The van der Waals surface area contributed by atoms with Gasteiger partial charge in [-0.05, 0) is 42.5 Å². The fourth-order valence-corrected chi connectivity index (χ4v) is 3.13. The lowest BCUT2D eigenvalue weighted by Gasteiger charge is -2.09. The van der Waals surface area contributed by atoms with Crippen molar-refractivity contribution in [3.05, 3.63) is 77.8 Å². The summed E-state index contributed by atoms with van der Waals surface area (Å²) < 4.78 is 43.7. The zero-order valence-electron chi connectivity index (χ0n) is 14.5. The second-order valence-corrected chi connectivity index (χ2v) is 6.55. The zero-order valence-corrected chi connectivity index (χ0v) is 15.3. The Balaban J connectivity index is 1.71. The first-order valence-electron chi connectivity index (χ1n) is 8.15. The van der Waals surface area contributed by atoms with Crippen LogP contribution in [0.4, 0.5) is 18.9 Å². The fraction of sp³-hybridized carbons (Fsp3) is 0.100. The quantitative estimate of drug-likeness (QED) is 0.541. The Hall–Kier alpha value is -3.13. The molecule has 0 aliphatic heterocycles. The van der Waals surface area contributed by atoms with Gasteiger partial charge in [0, 0.05) is 16.6 Å². The summed E-state index contributed by atoms with van der Waals surface area (Å²) in [6.07, 6.45) is -2.83. The van der Waals surface area contributed by atoms with Crippen LogP contribution in [0.15, 0.2) is 66.6 Å². The van der Waals surface area contributed by atoms with Gasteiger partial charge in [-0.3, -0.25) is 4.79 Å². The van der Waals surface area contributed by atoms with Crippen molar-refractivity contribution >= 4 is 22.9 Å². The van der Waals surface area contributed by atoms with Gasteiger partial charge in [-0.1, -0.05) is 18.7 Å². The molecule has 144 valence electrons. The lowest BCUT2D eigenvalue weighted by Crippen LogP contribution is -2.13. The van der Waals surface area contributed by atoms with E-state index in [-0.39, 0.29) is 11.4 Å². The van der Waals surface area contributed by atoms with Crippen molar-refractivity contribution in [3.63, 3.8) is 0 Å². The molecule has 1 aromatic heterocycles. The number of benzene rings is 2. The molecule has 0 radical (unpaired) electrons. The molecular formula is C20H15F3N2O2S. The third kappa shape index (κ3) is 4.77. The molecule has 0 atom stereocenters. The van der Waals surface area contributed by atoms with Crippen molar-refractivity contribution in [1.82, 2.24) is 4.98 Å². The molecule has 0 spiro atoms. The third-order valence-corrected chi connectivity index (χ3v) is 4.55. The summed E-state index contributed by atoms with van der Waals surface area (Å²) >= 11 is 1.26. The maximum atomic E-state index is 12.8. The first-order valence-corrected chi connectivity index (χ1v) is 9.03. The molecule has 2 aromatic carbocycles. The number of hydrogen-bond donors (Lipinski definition) is 1. The minimum atomic E-state index is -4.48. The molecule has 4 nitrogen and oxygen atoms in total. The van der Waals surface area contributed by atoms with Gasteiger partial charge in [0.05, 0.1) is 5.56 Å². The summed E-state index contributed by atoms with van der Waals surface area (Å²) in [5.41, 5.74) is 0.152. The normalized spacial score (nSPS) is 11.1. The van der Waals surface area contributed by atoms with E-state index in [2.05, 4.69) is 16.9 Å². The molecule has 0 bridgehead atoms. The highest BCUT2D eigenvalue weighted by atomic mass is 32.1. The van der Waals surface area contributed by atoms with Gasteiger partial charge >= 0.3 is 6.18 Å². The standard InChI is InChI=1S/C20H15F3N2O2S/c1-2-10-27-16-8-6-13(7-9-16)19-25-17(12-28-19)18(26)24-15-5-3-4-14(11-15)20(21,22)23/h2-9,11-12H,1,10H2,(H,24,26). The Kier molecular flexibility index (Phi) is 5.79. The lowest BCUT2D eigenvalue weighted by atomic mass is 10.2. The maximum absolute atomic E-state index is 12.8. The van der Waals surface area contributed by atoms with Crippen molar-refractivity contribution in [1.29, 1.82) is 0 Å². The second-order valence-electron chi connectivity index (χ2n) is 5.69. The van der Waals surface area contributed by atoms with Crippen LogP contribution in [-0.2, 0) is 6.18 Å². The number of anilines is 1. The van der Waals surface area contributed by atoms with Crippen LogP contribution < -0.4 is 10.1 Å². The highest BCUT2D eigenvalue weighted by molar-refractivity contribution is 7.13. The smallest absolute Gasteiger partial charge is 0.416 e. The van der Waals surface area contributed by atoms with Gasteiger partial charge < -0.3 is 10.1 Å². The summed E-state index contributed by atoms with van der Waals surface area (Å²) in [6.45, 7) is 3.98. The molecular weight excluding hydrogens is 389 g/mol. The van der Waals surface area contributed by atoms with Crippen LogP contribution in [0.2, 0.25) is 0 Å². The number of rotatable bonds is 6. The molecule has 0 saturated heterocycles. The number of nitrogens with one attached hydrogen (secondary N) is 1. The van der Waals surface area contributed by atoms with E-state index in [1.54, 1.807) is 23.6 Å². The van der Waals surface area contributed by atoms with Gasteiger partial charge in [-0.25, -0.2) is 4.98 Å². The van der Waals surface area contributed by atoms with E-state index >= 15 is 0 Å². The van der Waals surface area contributed by atoms with E-state index in [1.807, 2.05) is 12.1 Å². The van der Waals surface area contributed by atoms with Crippen molar-refractivity contribution in [2.24, 2.45) is 0 Å². The number of aromatic nitrogens is 1.